The van der Waals surface area contributed by atoms with Gasteiger partial charge in [0.2, 0.25) is 0 Å². The predicted molar refractivity (Wildman–Crippen MR) is 67.0 cm³/mol. The molecule has 1 rings (SSSR count). The number of piperidine rings is 1. The molecule has 0 spiro atoms. The highest BCUT2D eigenvalue weighted by atomic mass is 79.9. The minimum Gasteiger partial charge on any atom is -0.303 e. The Labute approximate surface area is 97.4 Å². The first-order chi connectivity index (χ1) is 6.72. The summed E-state index contributed by atoms with van der Waals surface area (Å²) in [4.78, 5) is 2.65. The Balaban J connectivity index is 2.10. The minimum atomic E-state index is 0.881. The first-order valence-corrected chi connectivity index (χ1v) is 7.13. The van der Waals surface area contributed by atoms with Crippen LogP contribution in [-0.2, 0) is 0 Å². The predicted octanol–water partition coefficient (Wildman–Crippen LogP) is 3.53. The second kappa shape index (κ2) is 6.84. The summed E-state index contributed by atoms with van der Waals surface area (Å²) in [5, 5.41) is 1.16. The molecule has 1 aliphatic heterocycles. The number of rotatable bonds is 5. The highest BCUT2D eigenvalue weighted by Gasteiger charge is 2.16. The number of nitrogens with zero attached hydrogens (tertiary/aromatic N) is 1. The maximum absolute atomic E-state index is 3.51. The summed E-state index contributed by atoms with van der Waals surface area (Å²) < 4.78 is 0. The molecule has 1 aliphatic rings. The maximum Gasteiger partial charge on any atom is 0.00338 e. The van der Waals surface area contributed by atoms with E-state index >= 15 is 0 Å². The number of hydrogen-bond acceptors (Lipinski definition) is 1. The average Bonchev–Trinajstić information content (AvgIpc) is 2.15. The quantitative estimate of drug-likeness (QED) is 0.685. The lowest BCUT2D eigenvalue weighted by Crippen LogP contribution is -2.35. The Bertz CT molecular complexity index is 149. The van der Waals surface area contributed by atoms with Gasteiger partial charge in [-0.25, -0.2) is 0 Å². The van der Waals surface area contributed by atoms with E-state index in [1.54, 1.807) is 0 Å². The van der Waals surface area contributed by atoms with Gasteiger partial charge in [0, 0.05) is 11.9 Å². The Hall–Kier alpha value is 0.440. The average molecular weight is 262 g/mol. The van der Waals surface area contributed by atoms with Crippen molar-refractivity contribution >= 4 is 15.9 Å². The monoisotopic (exact) mass is 261 g/mol. The zero-order valence-electron chi connectivity index (χ0n) is 9.64. The molecule has 0 aromatic carbocycles. The van der Waals surface area contributed by atoms with Crippen molar-refractivity contribution in [3.63, 3.8) is 0 Å². The van der Waals surface area contributed by atoms with Crippen LogP contribution in [0.3, 0.4) is 0 Å². The van der Waals surface area contributed by atoms with Crippen LogP contribution in [0, 0.1) is 11.8 Å². The molecule has 0 aromatic heterocycles. The van der Waals surface area contributed by atoms with E-state index < -0.39 is 0 Å². The molecule has 1 fully saturated rings. The first-order valence-electron chi connectivity index (χ1n) is 6.00. The molecule has 14 heavy (non-hydrogen) atoms. The fourth-order valence-electron chi connectivity index (χ4n) is 2.22. The van der Waals surface area contributed by atoms with E-state index in [0.29, 0.717) is 0 Å². The van der Waals surface area contributed by atoms with Gasteiger partial charge in [-0.3, -0.25) is 0 Å². The Kier molecular flexibility index (Phi) is 6.11. The summed E-state index contributed by atoms with van der Waals surface area (Å²) in [7, 11) is 0. The van der Waals surface area contributed by atoms with Crippen molar-refractivity contribution in [2.75, 3.05) is 25.0 Å². The first kappa shape index (κ1) is 12.5. The second-order valence-corrected chi connectivity index (χ2v) is 5.71. The van der Waals surface area contributed by atoms with Crippen LogP contribution in [0.4, 0.5) is 0 Å². The van der Waals surface area contributed by atoms with E-state index in [-0.39, 0.29) is 0 Å². The normalized spacial score (nSPS) is 26.4. The van der Waals surface area contributed by atoms with Crippen LogP contribution >= 0.6 is 15.9 Å². The van der Waals surface area contributed by atoms with Gasteiger partial charge in [-0.2, -0.15) is 0 Å². The van der Waals surface area contributed by atoms with Gasteiger partial charge in [-0.05, 0) is 50.6 Å². The summed E-state index contributed by atoms with van der Waals surface area (Å²) in [6.07, 6.45) is 5.54. The van der Waals surface area contributed by atoms with Crippen molar-refractivity contribution < 1.29 is 0 Å². The number of halogens is 1. The van der Waals surface area contributed by atoms with Crippen LogP contribution in [0.15, 0.2) is 0 Å². The summed E-state index contributed by atoms with van der Waals surface area (Å²) in [5.41, 5.74) is 0. The topological polar surface area (TPSA) is 3.24 Å². The molecule has 1 heterocycles. The lowest BCUT2D eigenvalue weighted by Gasteiger charge is -2.31. The third kappa shape index (κ3) is 4.79. The van der Waals surface area contributed by atoms with E-state index in [2.05, 4.69) is 34.7 Å². The molecular weight excluding hydrogens is 238 g/mol. The second-order valence-electron chi connectivity index (χ2n) is 4.92. The van der Waals surface area contributed by atoms with Crippen LogP contribution < -0.4 is 0 Å². The molecule has 84 valence electrons. The van der Waals surface area contributed by atoms with E-state index in [1.165, 1.54) is 45.3 Å². The molecule has 0 aliphatic carbocycles. The molecule has 0 amide bonds. The fraction of sp³-hybridized carbons (Fsp3) is 1.00. The van der Waals surface area contributed by atoms with Crippen molar-refractivity contribution in [2.45, 2.75) is 39.5 Å². The van der Waals surface area contributed by atoms with Crippen molar-refractivity contribution in [3.8, 4) is 0 Å². The Morgan fingerprint density at radius 1 is 1.43 bits per heavy atom. The Morgan fingerprint density at radius 3 is 2.86 bits per heavy atom. The van der Waals surface area contributed by atoms with Gasteiger partial charge in [-0.15, -0.1) is 0 Å². The number of likely N-dealkylation sites (tertiary alicyclic amines) is 1. The summed E-state index contributed by atoms with van der Waals surface area (Å²) in [6, 6.07) is 0. The Morgan fingerprint density at radius 2 is 2.21 bits per heavy atom. The summed E-state index contributed by atoms with van der Waals surface area (Å²) in [5.74, 6) is 1.81. The molecule has 2 unspecified atom stereocenters. The van der Waals surface area contributed by atoms with Crippen LogP contribution in [0.5, 0.6) is 0 Å². The smallest absolute Gasteiger partial charge is 0.00338 e. The largest absolute Gasteiger partial charge is 0.303 e. The van der Waals surface area contributed by atoms with Crippen molar-refractivity contribution in [2.24, 2.45) is 11.8 Å². The molecule has 0 bridgehead atoms. The van der Waals surface area contributed by atoms with Gasteiger partial charge in [-0.1, -0.05) is 29.8 Å². The molecular formula is C12H24BrN. The van der Waals surface area contributed by atoms with Gasteiger partial charge in [0.05, 0.1) is 0 Å². The van der Waals surface area contributed by atoms with E-state index in [0.717, 1.165) is 17.2 Å². The highest BCUT2D eigenvalue weighted by Crippen LogP contribution is 2.17. The number of hydrogen-bond donors (Lipinski definition) is 0. The lowest BCUT2D eigenvalue weighted by molar-refractivity contribution is 0.174. The van der Waals surface area contributed by atoms with Gasteiger partial charge < -0.3 is 4.90 Å². The zero-order valence-corrected chi connectivity index (χ0v) is 11.2. The van der Waals surface area contributed by atoms with Crippen molar-refractivity contribution in [1.82, 2.24) is 4.90 Å². The maximum atomic E-state index is 3.51. The van der Waals surface area contributed by atoms with Crippen LogP contribution in [0.1, 0.15) is 39.5 Å². The van der Waals surface area contributed by atoms with Crippen LogP contribution in [0.25, 0.3) is 0 Å². The summed E-state index contributed by atoms with van der Waals surface area (Å²) >= 11 is 3.51. The molecule has 0 radical (unpaired) electrons. The molecule has 0 N–H and O–H groups in total. The van der Waals surface area contributed by atoms with E-state index in [1.807, 2.05) is 0 Å². The van der Waals surface area contributed by atoms with Crippen molar-refractivity contribution in [3.05, 3.63) is 0 Å². The molecule has 1 saturated heterocycles. The minimum absolute atomic E-state index is 0.881. The number of alkyl halides is 1. The van der Waals surface area contributed by atoms with Crippen molar-refractivity contribution in [1.29, 1.82) is 0 Å². The van der Waals surface area contributed by atoms with Gasteiger partial charge in [0.1, 0.15) is 0 Å². The molecule has 2 heteroatoms. The van der Waals surface area contributed by atoms with Gasteiger partial charge in [0.25, 0.3) is 0 Å². The fourth-order valence-corrected chi connectivity index (χ4v) is 3.00. The molecule has 2 atom stereocenters. The van der Waals surface area contributed by atoms with E-state index in [9.17, 15) is 0 Å². The van der Waals surface area contributed by atoms with E-state index in [4.69, 9.17) is 0 Å². The molecule has 0 saturated carbocycles. The van der Waals surface area contributed by atoms with Crippen LogP contribution in [-0.4, -0.2) is 29.9 Å². The standard InChI is InChI=1S/C12H24BrN/c1-11(5-7-13)6-9-14-8-3-4-12(2)10-14/h11-12H,3-10H2,1-2H3. The van der Waals surface area contributed by atoms with Gasteiger partial charge in [0.15, 0.2) is 0 Å². The van der Waals surface area contributed by atoms with Gasteiger partial charge >= 0.3 is 0 Å². The summed E-state index contributed by atoms with van der Waals surface area (Å²) in [6.45, 7) is 8.74. The van der Waals surface area contributed by atoms with Crippen LogP contribution in [0.2, 0.25) is 0 Å². The lowest BCUT2D eigenvalue weighted by atomic mass is 9.99. The molecule has 1 nitrogen and oxygen atoms in total. The SMILES string of the molecule is CC(CCBr)CCN1CCCC(C)C1. The third-order valence-corrected chi connectivity index (χ3v) is 3.74. The molecule has 0 aromatic rings. The third-order valence-electron chi connectivity index (χ3n) is 3.28. The zero-order chi connectivity index (χ0) is 10.4. The highest BCUT2D eigenvalue weighted by molar-refractivity contribution is 9.09.